The molecule has 7 nitrogen and oxygen atoms in total. The number of imidazole rings is 1. The van der Waals surface area contributed by atoms with Gasteiger partial charge in [-0.25, -0.2) is 9.97 Å². The molecule has 0 amide bonds. The summed E-state index contributed by atoms with van der Waals surface area (Å²) in [6.45, 7) is 0.187. The van der Waals surface area contributed by atoms with Crippen molar-refractivity contribution in [3.05, 3.63) is 108 Å². The van der Waals surface area contributed by atoms with Crippen LogP contribution in [0.25, 0.3) is 16.9 Å². The zero-order chi connectivity index (χ0) is 24.2. The number of rotatable bonds is 8. The largest absolute Gasteiger partial charge is 0.508 e. The predicted molar refractivity (Wildman–Crippen MR) is 133 cm³/mol. The van der Waals surface area contributed by atoms with Crippen molar-refractivity contribution in [3.63, 3.8) is 0 Å². The van der Waals surface area contributed by atoms with E-state index < -0.39 is 0 Å². The van der Waals surface area contributed by atoms with Gasteiger partial charge >= 0.3 is 0 Å². The van der Waals surface area contributed by atoms with Crippen LogP contribution in [0, 0.1) is 0 Å². The molecule has 0 atom stereocenters. The molecule has 0 aliphatic rings. The van der Waals surface area contributed by atoms with E-state index in [0.29, 0.717) is 35.6 Å². The molecule has 176 valence electrons. The minimum Gasteiger partial charge on any atom is -0.508 e. The number of aromatic nitrogens is 3. The van der Waals surface area contributed by atoms with Gasteiger partial charge in [-0.15, -0.1) is 0 Å². The Morgan fingerprint density at radius 2 is 1.43 bits per heavy atom. The molecule has 0 radical (unpaired) electrons. The summed E-state index contributed by atoms with van der Waals surface area (Å²) in [6.07, 6.45) is 2.77. The smallest absolute Gasteiger partial charge is 0.219 e. The third-order valence-electron chi connectivity index (χ3n) is 5.75. The maximum absolute atomic E-state index is 11.1. The Balaban J connectivity index is 1.57. The summed E-state index contributed by atoms with van der Waals surface area (Å²) in [4.78, 5) is 9.68. The number of phenolic OH excluding ortho intramolecular Hbond substituents is 1. The highest BCUT2D eigenvalue weighted by Crippen LogP contribution is 2.29. The number of fused-ring (bicyclic) bond motifs is 1. The lowest BCUT2D eigenvalue weighted by Crippen LogP contribution is -2.02. The van der Waals surface area contributed by atoms with E-state index in [9.17, 15) is 10.2 Å². The summed E-state index contributed by atoms with van der Waals surface area (Å²) in [5.41, 5.74) is 5.48. The highest BCUT2D eigenvalue weighted by molar-refractivity contribution is 5.64. The Kier molecular flexibility index (Phi) is 6.32. The Morgan fingerprint density at radius 1 is 0.743 bits per heavy atom. The summed E-state index contributed by atoms with van der Waals surface area (Å²) >= 11 is 0. The lowest BCUT2D eigenvalue weighted by atomic mass is 10.1. The molecule has 0 bridgehead atoms. The number of ether oxygens (including phenoxy) is 1. The fourth-order valence-electron chi connectivity index (χ4n) is 4.00. The Morgan fingerprint density at radius 3 is 2.14 bits per heavy atom. The van der Waals surface area contributed by atoms with Crippen LogP contribution < -0.4 is 4.74 Å². The SMILES string of the molecule is OCCOc1ccc(-c2cn3c(O)c(Cc4ccc(O)cc4)nc3c(Cc3ccccc3)n2)cc1. The molecule has 3 aromatic carbocycles. The van der Waals surface area contributed by atoms with Gasteiger partial charge in [0.15, 0.2) is 5.65 Å². The molecular formula is C28H25N3O4. The third-order valence-corrected chi connectivity index (χ3v) is 5.75. The number of aliphatic hydroxyl groups is 1. The van der Waals surface area contributed by atoms with Crippen LogP contribution in [-0.4, -0.2) is 42.9 Å². The third kappa shape index (κ3) is 4.95. The minimum absolute atomic E-state index is 0.0464. The Hall–Kier alpha value is -4.36. The Bertz CT molecular complexity index is 1430. The molecule has 2 heterocycles. The molecule has 0 aliphatic heterocycles. The fourth-order valence-corrected chi connectivity index (χ4v) is 4.00. The normalized spacial score (nSPS) is 11.1. The van der Waals surface area contributed by atoms with Crippen molar-refractivity contribution in [3.8, 4) is 28.6 Å². The number of benzene rings is 3. The number of nitrogens with zero attached hydrogens (tertiary/aromatic N) is 3. The molecule has 0 spiro atoms. The lowest BCUT2D eigenvalue weighted by molar-refractivity contribution is 0.201. The second kappa shape index (κ2) is 9.87. The molecular weight excluding hydrogens is 442 g/mol. The van der Waals surface area contributed by atoms with E-state index in [1.807, 2.05) is 66.7 Å². The predicted octanol–water partition coefficient (Wildman–Crippen LogP) is 4.36. The molecule has 3 N–H and O–H groups in total. The van der Waals surface area contributed by atoms with Crippen molar-refractivity contribution < 1.29 is 20.1 Å². The van der Waals surface area contributed by atoms with Crippen molar-refractivity contribution >= 4 is 5.65 Å². The van der Waals surface area contributed by atoms with Crippen molar-refractivity contribution in [2.45, 2.75) is 12.8 Å². The standard InChI is InChI=1S/C28H25N3O4/c32-14-15-35-23-12-8-21(9-13-23)26-18-31-27(24(29-26)16-19-4-2-1-3-5-19)30-25(28(31)34)17-20-6-10-22(33)11-7-20/h1-13,18,32-34H,14-17H2. The molecule has 2 aromatic heterocycles. The monoisotopic (exact) mass is 467 g/mol. The topological polar surface area (TPSA) is 100 Å². The molecule has 0 saturated carbocycles. The fraction of sp³-hybridized carbons (Fsp3) is 0.143. The summed E-state index contributed by atoms with van der Waals surface area (Å²) in [7, 11) is 0. The molecule has 0 fully saturated rings. The van der Waals surface area contributed by atoms with Crippen LogP contribution in [0.5, 0.6) is 17.4 Å². The molecule has 0 unspecified atom stereocenters. The minimum atomic E-state index is -0.0464. The summed E-state index contributed by atoms with van der Waals surface area (Å²) in [6, 6.07) is 24.4. The number of hydrogen-bond acceptors (Lipinski definition) is 6. The molecule has 0 aliphatic carbocycles. The molecule has 5 aromatic rings. The summed E-state index contributed by atoms with van der Waals surface area (Å²) in [5, 5.41) is 29.6. The van der Waals surface area contributed by atoms with Gasteiger partial charge in [-0.2, -0.15) is 0 Å². The molecule has 0 saturated heterocycles. The number of aliphatic hydroxyl groups excluding tert-OH is 1. The van der Waals surface area contributed by atoms with Gasteiger partial charge in [0.2, 0.25) is 5.88 Å². The van der Waals surface area contributed by atoms with E-state index >= 15 is 0 Å². The maximum Gasteiger partial charge on any atom is 0.219 e. The number of hydrogen-bond donors (Lipinski definition) is 3. The summed E-state index contributed by atoms with van der Waals surface area (Å²) < 4.78 is 7.15. The van der Waals surface area contributed by atoms with Crippen molar-refractivity contribution in [1.29, 1.82) is 0 Å². The molecule has 5 rings (SSSR count). The highest BCUT2D eigenvalue weighted by atomic mass is 16.5. The van der Waals surface area contributed by atoms with E-state index in [1.165, 1.54) is 0 Å². The lowest BCUT2D eigenvalue weighted by Gasteiger charge is -2.09. The number of aromatic hydroxyl groups is 2. The van der Waals surface area contributed by atoms with Gasteiger partial charge in [0.05, 0.1) is 18.0 Å². The van der Waals surface area contributed by atoms with Crippen LogP contribution in [-0.2, 0) is 12.8 Å². The maximum atomic E-state index is 11.1. The van der Waals surface area contributed by atoms with Crippen LogP contribution in [0.15, 0.2) is 85.1 Å². The van der Waals surface area contributed by atoms with Crippen molar-refractivity contribution in [2.75, 3.05) is 13.2 Å². The first-order valence-electron chi connectivity index (χ1n) is 11.4. The Labute approximate surface area is 202 Å². The van der Waals surface area contributed by atoms with E-state index in [0.717, 1.165) is 22.4 Å². The van der Waals surface area contributed by atoms with Crippen molar-refractivity contribution in [1.82, 2.24) is 14.4 Å². The first-order chi connectivity index (χ1) is 17.1. The van der Waals surface area contributed by atoms with Gasteiger partial charge < -0.3 is 20.1 Å². The van der Waals surface area contributed by atoms with Crippen LogP contribution in [0.2, 0.25) is 0 Å². The van der Waals surface area contributed by atoms with Crippen LogP contribution in [0.3, 0.4) is 0 Å². The second-order valence-electron chi connectivity index (χ2n) is 8.25. The zero-order valence-corrected chi connectivity index (χ0v) is 19.0. The summed E-state index contributed by atoms with van der Waals surface area (Å²) in [5.74, 6) is 0.920. The number of phenols is 1. The zero-order valence-electron chi connectivity index (χ0n) is 19.0. The van der Waals surface area contributed by atoms with Crippen molar-refractivity contribution in [2.24, 2.45) is 0 Å². The molecule has 35 heavy (non-hydrogen) atoms. The van der Waals surface area contributed by atoms with Crippen LogP contribution in [0.4, 0.5) is 0 Å². The first-order valence-corrected chi connectivity index (χ1v) is 11.4. The second-order valence-corrected chi connectivity index (χ2v) is 8.25. The quantitative estimate of drug-likeness (QED) is 0.314. The van der Waals surface area contributed by atoms with E-state index in [4.69, 9.17) is 19.8 Å². The van der Waals surface area contributed by atoms with Crippen LogP contribution >= 0.6 is 0 Å². The van der Waals surface area contributed by atoms with Gasteiger partial charge in [-0.3, -0.25) is 4.40 Å². The van der Waals surface area contributed by atoms with E-state index in [1.54, 1.807) is 22.7 Å². The van der Waals surface area contributed by atoms with E-state index in [2.05, 4.69) is 0 Å². The van der Waals surface area contributed by atoms with Gasteiger partial charge in [0.25, 0.3) is 0 Å². The average molecular weight is 468 g/mol. The molecule has 7 heteroatoms. The van der Waals surface area contributed by atoms with E-state index in [-0.39, 0.29) is 24.8 Å². The average Bonchev–Trinajstić information content (AvgIpc) is 3.20. The van der Waals surface area contributed by atoms with Gasteiger partial charge in [-0.05, 0) is 47.5 Å². The van der Waals surface area contributed by atoms with Gasteiger partial charge in [0, 0.05) is 24.6 Å². The first kappa shape index (κ1) is 22.4. The van der Waals surface area contributed by atoms with Gasteiger partial charge in [-0.1, -0.05) is 42.5 Å². The highest BCUT2D eigenvalue weighted by Gasteiger charge is 2.18. The van der Waals surface area contributed by atoms with Crippen LogP contribution in [0.1, 0.15) is 22.5 Å². The van der Waals surface area contributed by atoms with Gasteiger partial charge in [0.1, 0.15) is 23.8 Å².